The van der Waals surface area contributed by atoms with Crippen LogP contribution in [0.3, 0.4) is 0 Å². The Labute approximate surface area is 182 Å². The van der Waals surface area contributed by atoms with Crippen molar-refractivity contribution in [1.29, 1.82) is 0 Å². The maximum absolute atomic E-state index is 10.00. The van der Waals surface area contributed by atoms with Crippen LogP contribution in [0.2, 0.25) is 0 Å². The van der Waals surface area contributed by atoms with E-state index in [1.807, 2.05) is 49.6 Å². The van der Waals surface area contributed by atoms with Gasteiger partial charge in [0.2, 0.25) is 0 Å². The molecule has 0 aliphatic heterocycles. The summed E-state index contributed by atoms with van der Waals surface area (Å²) >= 11 is 1.59. The van der Waals surface area contributed by atoms with Gasteiger partial charge in [0.15, 0.2) is 5.58 Å². The number of hydrogen-bond donors (Lipinski definition) is 4. The summed E-state index contributed by atoms with van der Waals surface area (Å²) in [4.78, 5) is 19.1. The van der Waals surface area contributed by atoms with Crippen LogP contribution < -0.4 is 10.1 Å². The van der Waals surface area contributed by atoms with Crippen LogP contribution in [0, 0.1) is 0 Å². The highest BCUT2D eigenvalue weighted by Crippen LogP contribution is 2.36. The molecule has 0 bridgehead atoms. The van der Waals surface area contributed by atoms with E-state index in [9.17, 15) is 14.7 Å². The van der Waals surface area contributed by atoms with E-state index >= 15 is 0 Å². The lowest BCUT2D eigenvalue weighted by Gasteiger charge is -2.16. The number of carboxylic acids is 2. The number of aliphatic hydroxyl groups excluding tert-OH is 1. The number of benzene rings is 1. The largest absolute Gasteiger partial charge is 0.490 e. The monoisotopic (exact) mass is 448 g/mol. The normalized spacial score (nSPS) is 12.0. The summed E-state index contributed by atoms with van der Waals surface area (Å²) in [5.74, 6) is -1.82. The lowest BCUT2D eigenvalue weighted by Crippen LogP contribution is -2.35. The summed E-state index contributed by atoms with van der Waals surface area (Å²) in [7, 11) is 0. The van der Waals surface area contributed by atoms with Gasteiger partial charge in [0, 0.05) is 30.3 Å². The molecule has 0 aliphatic rings. The minimum absolute atomic E-state index is 0.224. The van der Waals surface area contributed by atoms with Crippen molar-refractivity contribution in [2.75, 3.05) is 13.2 Å². The van der Waals surface area contributed by atoms with Crippen LogP contribution >= 0.6 is 11.3 Å². The van der Waals surface area contributed by atoms with Crippen LogP contribution in [0.25, 0.3) is 21.5 Å². The van der Waals surface area contributed by atoms with E-state index in [4.69, 9.17) is 19.5 Å². The number of rotatable bonds is 9. The van der Waals surface area contributed by atoms with Crippen LogP contribution in [0.15, 0.2) is 52.4 Å². The molecule has 0 aliphatic carbocycles. The summed E-state index contributed by atoms with van der Waals surface area (Å²) in [6.45, 7) is 4.81. The highest BCUT2D eigenvalue weighted by atomic mass is 32.1. The van der Waals surface area contributed by atoms with Crippen molar-refractivity contribution in [2.45, 2.75) is 26.0 Å². The van der Waals surface area contributed by atoms with E-state index in [1.165, 1.54) is 0 Å². The number of hydrogen-bond acceptors (Lipinski definition) is 8. The number of aliphatic hydroxyl groups is 1. The smallest absolute Gasteiger partial charge is 0.328 e. The molecule has 1 atom stereocenters. The highest BCUT2D eigenvalue weighted by Gasteiger charge is 2.16. The number of aliphatic carboxylic acids is 2. The number of fused-ring (bicyclic) bond motifs is 1. The maximum Gasteiger partial charge on any atom is 0.328 e. The van der Waals surface area contributed by atoms with Gasteiger partial charge in [-0.1, -0.05) is 31.1 Å². The third-order valence-electron chi connectivity index (χ3n) is 3.78. The Morgan fingerprint density at radius 1 is 1.19 bits per heavy atom. The number of nitrogens with one attached hydrogen (secondary N) is 1. The molecule has 0 amide bonds. The van der Waals surface area contributed by atoms with Gasteiger partial charge < -0.3 is 29.9 Å². The summed E-state index contributed by atoms with van der Waals surface area (Å²) in [6, 6.07) is 9.91. The van der Waals surface area contributed by atoms with Gasteiger partial charge in [0.25, 0.3) is 0 Å². The Hall–Kier alpha value is -3.21. The summed E-state index contributed by atoms with van der Waals surface area (Å²) in [5.41, 5.74) is 2.43. The molecule has 2 heterocycles. The quantitative estimate of drug-likeness (QED) is 0.363. The Morgan fingerprint density at radius 2 is 1.87 bits per heavy atom. The van der Waals surface area contributed by atoms with E-state index < -0.39 is 18.0 Å². The first-order chi connectivity index (χ1) is 14.8. The zero-order chi connectivity index (χ0) is 22.8. The molecular formula is C21H24N2O7S. The predicted octanol–water partition coefficient (Wildman–Crippen LogP) is 3.01. The third kappa shape index (κ3) is 7.85. The number of carbonyl (C=O) groups is 2. The van der Waals surface area contributed by atoms with Crippen molar-refractivity contribution in [3.8, 4) is 17.0 Å². The second-order valence-corrected chi connectivity index (χ2v) is 7.60. The Kier molecular flexibility index (Phi) is 9.19. The lowest BCUT2D eigenvalue weighted by molar-refractivity contribution is -0.134. The third-order valence-corrected chi connectivity index (χ3v) is 4.69. The number of ether oxygens (including phenoxy) is 1. The van der Waals surface area contributed by atoms with Crippen molar-refractivity contribution < 1.29 is 34.2 Å². The van der Waals surface area contributed by atoms with Gasteiger partial charge in [0.05, 0.1) is 0 Å². The predicted molar refractivity (Wildman–Crippen MR) is 116 cm³/mol. The van der Waals surface area contributed by atoms with Crippen LogP contribution in [0.4, 0.5) is 0 Å². The zero-order valence-corrected chi connectivity index (χ0v) is 17.8. The number of thiophene rings is 1. The summed E-state index contributed by atoms with van der Waals surface area (Å²) < 4.78 is 12.2. The fraction of sp³-hybridized carbons (Fsp3) is 0.286. The zero-order valence-electron chi connectivity index (χ0n) is 17.0. The van der Waals surface area contributed by atoms with Crippen molar-refractivity contribution >= 4 is 33.6 Å². The Morgan fingerprint density at radius 3 is 2.52 bits per heavy atom. The number of para-hydroxylation sites is 1. The van der Waals surface area contributed by atoms with Crippen LogP contribution in [0.1, 0.15) is 13.8 Å². The summed E-state index contributed by atoms with van der Waals surface area (Å²) in [5, 5.41) is 34.9. The standard InChI is InChI=1S/C17H20N2O3S.C4H4O4/c1-11(2)18-9-12(20)10-21-14-6-4-3-5-13(14)16-17-15(22-19-16)7-8-23-17;5-3(6)1-2-4(7)8/h3-8,11-12,18,20H,9-10H2,1-2H3;1-2H,(H,5,6)(H,7,8). The molecule has 4 N–H and O–H groups in total. The van der Waals surface area contributed by atoms with E-state index in [2.05, 4.69) is 10.5 Å². The lowest BCUT2D eigenvalue weighted by atomic mass is 10.1. The van der Waals surface area contributed by atoms with Gasteiger partial charge in [-0.2, -0.15) is 0 Å². The average Bonchev–Trinajstić information content (AvgIpc) is 3.34. The Bertz CT molecular complexity index is 1010. The number of carboxylic acid groups (broad SMARTS) is 2. The van der Waals surface area contributed by atoms with Crippen molar-refractivity contribution in [3.63, 3.8) is 0 Å². The van der Waals surface area contributed by atoms with Gasteiger partial charge in [-0.15, -0.1) is 11.3 Å². The molecule has 0 radical (unpaired) electrons. The fourth-order valence-corrected chi connectivity index (χ4v) is 3.21. The van der Waals surface area contributed by atoms with Crippen molar-refractivity contribution in [2.24, 2.45) is 0 Å². The molecule has 0 saturated heterocycles. The molecule has 1 aromatic carbocycles. The second kappa shape index (κ2) is 11.8. The molecule has 3 aromatic rings. The van der Waals surface area contributed by atoms with Gasteiger partial charge in [0.1, 0.15) is 28.9 Å². The van der Waals surface area contributed by atoms with Crippen molar-refractivity contribution in [3.05, 3.63) is 47.9 Å². The van der Waals surface area contributed by atoms with Crippen molar-refractivity contribution in [1.82, 2.24) is 10.5 Å². The van der Waals surface area contributed by atoms with Gasteiger partial charge in [-0.3, -0.25) is 0 Å². The minimum atomic E-state index is -1.26. The molecule has 0 saturated carbocycles. The van der Waals surface area contributed by atoms with Crippen LogP contribution in [-0.2, 0) is 9.59 Å². The fourth-order valence-electron chi connectivity index (χ4n) is 2.40. The SMILES string of the molecule is CC(C)NCC(O)COc1ccccc1-c1noc2ccsc12.O=C(O)C=CC(=O)O. The van der Waals surface area contributed by atoms with E-state index in [-0.39, 0.29) is 6.61 Å². The molecule has 166 valence electrons. The topological polar surface area (TPSA) is 142 Å². The first-order valence-electron chi connectivity index (χ1n) is 9.38. The van der Waals surface area contributed by atoms with E-state index in [0.717, 1.165) is 21.5 Å². The van der Waals surface area contributed by atoms with Gasteiger partial charge in [-0.05, 0) is 23.6 Å². The maximum atomic E-state index is 10.00. The number of nitrogens with zero attached hydrogens (tertiary/aromatic N) is 1. The first kappa shape index (κ1) is 24.1. The molecule has 0 fully saturated rings. The molecule has 9 nitrogen and oxygen atoms in total. The molecule has 2 aromatic heterocycles. The highest BCUT2D eigenvalue weighted by molar-refractivity contribution is 7.17. The average molecular weight is 448 g/mol. The molecule has 1 unspecified atom stereocenters. The van der Waals surface area contributed by atoms with E-state index in [0.29, 0.717) is 30.5 Å². The van der Waals surface area contributed by atoms with Crippen LogP contribution in [-0.4, -0.2) is 57.7 Å². The van der Waals surface area contributed by atoms with Crippen LogP contribution in [0.5, 0.6) is 5.75 Å². The molecule has 10 heteroatoms. The first-order valence-corrected chi connectivity index (χ1v) is 10.3. The second-order valence-electron chi connectivity index (χ2n) is 6.68. The van der Waals surface area contributed by atoms with E-state index in [1.54, 1.807) is 11.3 Å². The van der Waals surface area contributed by atoms with Gasteiger partial charge in [-0.25, -0.2) is 9.59 Å². The Balaban J connectivity index is 0.000000366. The molecule has 31 heavy (non-hydrogen) atoms. The summed E-state index contributed by atoms with van der Waals surface area (Å²) in [6.07, 6.45) is 0.550. The minimum Gasteiger partial charge on any atom is -0.490 e. The molecular weight excluding hydrogens is 424 g/mol. The molecule has 3 rings (SSSR count). The number of aromatic nitrogens is 1. The molecule has 0 spiro atoms. The van der Waals surface area contributed by atoms with Gasteiger partial charge >= 0.3 is 11.9 Å².